The Morgan fingerprint density at radius 2 is 1.75 bits per heavy atom. The number of aliphatic hydroxyl groups is 1. The third-order valence-electron chi connectivity index (χ3n) is 6.03. The van der Waals surface area contributed by atoms with Gasteiger partial charge in [0.2, 0.25) is 5.95 Å². The van der Waals surface area contributed by atoms with Gasteiger partial charge in [-0.1, -0.05) is 18.2 Å². The van der Waals surface area contributed by atoms with E-state index in [-0.39, 0.29) is 13.2 Å². The molecule has 3 heterocycles. The normalized spacial score (nSPS) is 16.0. The van der Waals surface area contributed by atoms with Crippen molar-refractivity contribution < 1.29 is 9.84 Å². The Morgan fingerprint density at radius 1 is 1.06 bits per heavy atom. The molecular formula is C22H30N6O4. The first-order valence-corrected chi connectivity index (χ1v) is 10.7. The standard InChI is InChI=1S/C22H30N6O4/c1-15-7-5-6-8-17(15)32-14-16(29)13-28-18-19(25(3)22(31)26(4)20(18)30)23-21(28)27-11-9-24(2)10-12-27/h5-8,16,29H,9-14H2,1-4H3. The largest absolute Gasteiger partial charge is 0.491 e. The van der Waals surface area contributed by atoms with Gasteiger partial charge in [0.05, 0.1) is 6.54 Å². The Balaban J connectivity index is 1.71. The Bertz CT molecular complexity index is 1240. The number of hydrogen-bond donors (Lipinski definition) is 1. The molecular weight excluding hydrogens is 412 g/mol. The van der Waals surface area contributed by atoms with Crippen LogP contribution in [0.15, 0.2) is 33.9 Å². The number of anilines is 1. The summed E-state index contributed by atoms with van der Waals surface area (Å²) in [5.41, 5.74) is 0.746. The summed E-state index contributed by atoms with van der Waals surface area (Å²) in [6, 6.07) is 7.61. The second kappa shape index (κ2) is 8.79. The highest BCUT2D eigenvalue weighted by Gasteiger charge is 2.26. The van der Waals surface area contributed by atoms with Crippen molar-refractivity contribution >= 4 is 17.1 Å². The van der Waals surface area contributed by atoms with Crippen molar-refractivity contribution in [2.45, 2.75) is 19.6 Å². The first-order valence-electron chi connectivity index (χ1n) is 10.7. The van der Waals surface area contributed by atoms with E-state index in [2.05, 4.69) is 21.8 Å². The maximum absolute atomic E-state index is 13.0. The van der Waals surface area contributed by atoms with E-state index in [1.807, 2.05) is 31.2 Å². The van der Waals surface area contributed by atoms with E-state index in [0.717, 1.165) is 36.3 Å². The van der Waals surface area contributed by atoms with E-state index in [9.17, 15) is 14.7 Å². The number of piperazine rings is 1. The van der Waals surface area contributed by atoms with Gasteiger partial charge >= 0.3 is 5.69 Å². The molecule has 2 aromatic heterocycles. The summed E-state index contributed by atoms with van der Waals surface area (Å²) in [7, 11) is 5.12. The number of ether oxygens (including phenoxy) is 1. The van der Waals surface area contributed by atoms with Crippen molar-refractivity contribution in [1.29, 1.82) is 0 Å². The lowest BCUT2D eigenvalue weighted by Gasteiger charge is -2.33. The van der Waals surface area contributed by atoms with E-state index in [1.165, 1.54) is 11.6 Å². The quantitative estimate of drug-likeness (QED) is 0.571. The first-order chi connectivity index (χ1) is 15.3. The topological polar surface area (TPSA) is 97.8 Å². The van der Waals surface area contributed by atoms with E-state index < -0.39 is 17.4 Å². The fourth-order valence-electron chi connectivity index (χ4n) is 4.02. The molecule has 1 fully saturated rings. The van der Waals surface area contributed by atoms with Gasteiger partial charge in [-0.25, -0.2) is 4.79 Å². The molecule has 172 valence electrons. The minimum atomic E-state index is -0.875. The third-order valence-corrected chi connectivity index (χ3v) is 6.03. The van der Waals surface area contributed by atoms with Crippen LogP contribution < -0.4 is 20.9 Å². The molecule has 1 aliphatic rings. The third kappa shape index (κ3) is 4.03. The molecule has 1 atom stereocenters. The number of benzene rings is 1. The number of imidazole rings is 1. The van der Waals surface area contributed by atoms with Gasteiger partial charge in [-0.15, -0.1) is 0 Å². The molecule has 0 aliphatic carbocycles. The van der Waals surface area contributed by atoms with Gasteiger partial charge in [0.1, 0.15) is 18.5 Å². The van der Waals surface area contributed by atoms with Crippen LogP contribution in [0.2, 0.25) is 0 Å². The Hall–Kier alpha value is -3.11. The fraction of sp³-hybridized carbons (Fsp3) is 0.500. The van der Waals surface area contributed by atoms with E-state index in [4.69, 9.17) is 4.74 Å². The second-order valence-corrected chi connectivity index (χ2v) is 8.42. The van der Waals surface area contributed by atoms with Gasteiger partial charge in [-0.05, 0) is 25.6 Å². The highest BCUT2D eigenvalue weighted by Crippen LogP contribution is 2.22. The number of nitrogens with zero attached hydrogens (tertiary/aromatic N) is 6. The molecule has 1 aromatic carbocycles. The van der Waals surface area contributed by atoms with Crippen LogP contribution in [0.5, 0.6) is 5.75 Å². The van der Waals surface area contributed by atoms with Crippen molar-refractivity contribution in [2.24, 2.45) is 14.1 Å². The van der Waals surface area contributed by atoms with Crippen LogP contribution in [0, 0.1) is 6.92 Å². The maximum Gasteiger partial charge on any atom is 0.332 e. The summed E-state index contributed by atoms with van der Waals surface area (Å²) in [6.07, 6.45) is -0.875. The molecule has 1 N–H and O–H groups in total. The molecule has 0 bridgehead atoms. The van der Waals surface area contributed by atoms with Gasteiger partial charge < -0.3 is 24.2 Å². The van der Waals surface area contributed by atoms with Crippen molar-refractivity contribution in [3.05, 3.63) is 50.7 Å². The predicted molar refractivity (Wildman–Crippen MR) is 123 cm³/mol. The van der Waals surface area contributed by atoms with Gasteiger partial charge in [0.25, 0.3) is 5.56 Å². The molecule has 0 amide bonds. The summed E-state index contributed by atoms with van der Waals surface area (Å²) in [5, 5.41) is 10.8. The second-order valence-electron chi connectivity index (χ2n) is 8.42. The van der Waals surface area contributed by atoms with Gasteiger partial charge in [-0.2, -0.15) is 4.98 Å². The van der Waals surface area contributed by atoms with E-state index >= 15 is 0 Å². The molecule has 0 spiro atoms. The number of aromatic nitrogens is 4. The molecule has 10 heteroatoms. The average Bonchev–Trinajstić information content (AvgIpc) is 3.15. The van der Waals surface area contributed by atoms with Crippen molar-refractivity contribution in [3.63, 3.8) is 0 Å². The summed E-state index contributed by atoms with van der Waals surface area (Å²) in [6.45, 7) is 5.34. The molecule has 1 saturated heterocycles. The lowest BCUT2D eigenvalue weighted by molar-refractivity contribution is 0.0932. The minimum Gasteiger partial charge on any atom is -0.491 e. The van der Waals surface area contributed by atoms with Crippen LogP contribution in [-0.4, -0.2) is 74.6 Å². The highest BCUT2D eigenvalue weighted by atomic mass is 16.5. The Kier molecular flexibility index (Phi) is 6.07. The summed E-state index contributed by atoms with van der Waals surface area (Å²) in [5.74, 6) is 1.29. The van der Waals surface area contributed by atoms with Crippen LogP contribution in [0.4, 0.5) is 5.95 Å². The van der Waals surface area contributed by atoms with Gasteiger partial charge in [0, 0.05) is 40.3 Å². The molecule has 10 nitrogen and oxygen atoms in total. The molecule has 1 aliphatic heterocycles. The number of likely N-dealkylation sites (N-methyl/N-ethyl adjacent to an activating group) is 1. The van der Waals surface area contributed by atoms with Crippen molar-refractivity contribution in [1.82, 2.24) is 23.6 Å². The molecule has 0 saturated carbocycles. The molecule has 3 aromatic rings. The molecule has 4 rings (SSSR count). The summed E-state index contributed by atoms with van der Waals surface area (Å²) < 4.78 is 10.00. The first kappa shape index (κ1) is 22.1. The van der Waals surface area contributed by atoms with Crippen LogP contribution in [-0.2, 0) is 20.6 Å². The number of rotatable bonds is 6. The number of hydrogen-bond acceptors (Lipinski definition) is 7. The number of para-hydroxylation sites is 1. The summed E-state index contributed by atoms with van der Waals surface area (Å²) >= 11 is 0. The Labute approximate surface area is 185 Å². The molecule has 0 radical (unpaired) electrons. The lowest BCUT2D eigenvalue weighted by Crippen LogP contribution is -2.45. The minimum absolute atomic E-state index is 0.0682. The zero-order valence-electron chi connectivity index (χ0n) is 19.0. The van der Waals surface area contributed by atoms with Crippen LogP contribution in [0.1, 0.15) is 5.56 Å². The van der Waals surface area contributed by atoms with Crippen LogP contribution in [0.3, 0.4) is 0 Å². The maximum atomic E-state index is 13.0. The molecule has 32 heavy (non-hydrogen) atoms. The smallest absolute Gasteiger partial charge is 0.332 e. The summed E-state index contributed by atoms with van der Waals surface area (Å²) in [4.78, 5) is 34.5. The van der Waals surface area contributed by atoms with Gasteiger partial charge in [-0.3, -0.25) is 13.9 Å². The lowest BCUT2D eigenvalue weighted by atomic mass is 10.2. The van der Waals surface area contributed by atoms with Crippen molar-refractivity contribution in [2.75, 3.05) is 44.7 Å². The van der Waals surface area contributed by atoms with Crippen LogP contribution >= 0.6 is 0 Å². The molecule has 1 unspecified atom stereocenters. The van der Waals surface area contributed by atoms with E-state index in [0.29, 0.717) is 22.9 Å². The fourth-order valence-corrected chi connectivity index (χ4v) is 4.02. The van der Waals surface area contributed by atoms with Gasteiger partial charge in [0.15, 0.2) is 11.2 Å². The van der Waals surface area contributed by atoms with Crippen molar-refractivity contribution in [3.8, 4) is 5.75 Å². The van der Waals surface area contributed by atoms with E-state index in [1.54, 1.807) is 11.6 Å². The zero-order valence-corrected chi connectivity index (χ0v) is 19.0. The number of aliphatic hydroxyl groups excluding tert-OH is 1. The average molecular weight is 443 g/mol. The Morgan fingerprint density at radius 3 is 2.44 bits per heavy atom. The zero-order chi connectivity index (χ0) is 23.0. The monoisotopic (exact) mass is 442 g/mol. The SMILES string of the molecule is Cc1ccccc1OCC(O)Cn1c(N2CCN(C)CC2)nc2c1c(=O)n(C)c(=O)n2C. The number of fused-ring (bicyclic) bond motifs is 1. The number of aryl methyl sites for hydroxylation is 2. The highest BCUT2D eigenvalue weighted by molar-refractivity contribution is 5.74. The van der Waals surface area contributed by atoms with Crippen LogP contribution in [0.25, 0.3) is 11.2 Å². The predicted octanol–water partition coefficient (Wildman–Crippen LogP) is -0.0662.